The maximum absolute atomic E-state index is 12.8. The van der Waals surface area contributed by atoms with Gasteiger partial charge in [-0.15, -0.1) is 0 Å². The Hall–Kier alpha value is -2.04. The van der Waals surface area contributed by atoms with Gasteiger partial charge >= 0.3 is 6.03 Å². The topological polar surface area (TPSA) is 61.4 Å². The second kappa shape index (κ2) is 8.18. The van der Waals surface area contributed by atoms with Gasteiger partial charge in [-0.3, -0.25) is 4.79 Å². The van der Waals surface area contributed by atoms with Crippen molar-refractivity contribution in [2.24, 2.45) is 0 Å². The minimum absolute atomic E-state index is 0.0893. The predicted molar refractivity (Wildman–Crippen MR) is 97.3 cm³/mol. The first-order chi connectivity index (χ1) is 11.5. The average Bonchev–Trinajstić information content (AvgIpc) is 3.05. The van der Waals surface area contributed by atoms with Crippen molar-refractivity contribution in [3.63, 3.8) is 0 Å². The molecule has 1 saturated heterocycles. The van der Waals surface area contributed by atoms with Crippen LogP contribution >= 0.6 is 0 Å². The molecule has 3 amide bonds. The lowest BCUT2D eigenvalue weighted by molar-refractivity contribution is -0.124. The molecule has 24 heavy (non-hydrogen) atoms. The molecule has 5 nitrogen and oxygen atoms in total. The summed E-state index contributed by atoms with van der Waals surface area (Å²) < 4.78 is 0. The summed E-state index contributed by atoms with van der Waals surface area (Å²) in [5, 5.41) is 5.76. The van der Waals surface area contributed by atoms with Crippen LogP contribution < -0.4 is 10.6 Å². The number of carbonyl (C=O) groups excluding carboxylic acids is 2. The quantitative estimate of drug-likeness (QED) is 0.867. The number of amides is 3. The Morgan fingerprint density at radius 1 is 1.33 bits per heavy atom. The van der Waals surface area contributed by atoms with Crippen LogP contribution in [0.1, 0.15) is 57.1 Å². The monoisotopic (exact) mass is 331 g/mol. The lowest BCUT2D eigenvalue weighted by atomic mass is 9.96. The number of carbonyl (C=O) groups is 2. The SMILES string of the molecule is CCCc1cccc(C(C)C)c1NC(=O)N1CCC[C@@H]1C(=O)NC. The Labute approximate surface area is 144 Å². The Morgan fingerprint density at radius 2 is 2.08 bits per heavy atom. The van der Waals surface area contributed by atoms with Crippen LogP contribution in [0.5, 0.6) is 0 Å². The lowest BCUT2D eigenvalue weighted by Gasteiger charge is -2.26. The molecule has 1 aliphatic rings. The molecule has 0 bridgehead atoms. The molecule has 0 radical (unpaired) electrons. The second-order valence-corrected chi connectivity index (χ2v) is 6.68. The summed E-state index contributed by atoms with van der Waals surface area (Å²) in [7, 11) is 1.62. The highest BCUT2D eigenvalue weighted by Crippen LogP contribution is 2.30. The molecule has 5 heteroatoms. The molecule has 0 saturated carbocycles. The number of para-hydroxylation sites is 1. The third-order valence-corrected chi connectivity index (χ3v) is 4.62. The van der Waals surface area contributed by atoms with E-state index in [4.69, 9.17) is 0 Å². The molecule has 1 aromatic carbocycles. The van der Waals surface area contributed by atoms with Crippen LogP contribution in [0.25, 0.3) is 0 Å². The van der Waals surface area contributed by atoms with E-state index in [9.17, 15) is 9.59 Å². The van der Waals surface area contributed by atoms with Crippen LogP contribution in [-0.2, 0) is 11.2 Å². The Balaban J connectivity index is 2.26. The molecule has 1 fully saturated rings. The molecule has 1 aromatic rings. The van der Waals surface area contributed by atoms with Crippen LogP contribution in [0.3, 0.4) is 0 Å². The number of nitrogens with one attached hydrogen (secondary N) is 2. The summed E-state index contributed by atoms with van der Waals surface area (Å²) in [5.74, 6) is 0.235. The van der Waals surface area contributed by atoms with Gasteiger partial charge in [0.25, 0.3) is 0 Å². The number of likely N-dealkylation sites (N-methyl/N-ethyl adjacent to an activating group) is 1. The molecule has 0 spiro atoms. The second-order valence-electron chi connectivity index (χ2n) is 6.68. The zero-order chi connectivity index (χ0) is 17.7. The largest absolute Gasteiger partial charge is 0.357 e. The first-order valence-corrected chi connectivity index (χ1v) is 8.90. The van der Waals surface area contributed by atoms with E-state index in [0.717, 1.165) is 42.5 Å². The molecule has 132 valence electrons. The van der Waals surface area contributed by atoms with Gasteiger partial charge in [0.05, 0.1) is 0 Å². The van der Waals surface area contributed by atoms with E-state index in [1.165, 1.54) is 0 Å². The van der Waals surface area contributed by atoms with Crippen LogP contribution in [0, 0.1) is 0 Å². The molecule has 0 unspecified atom stereocenters. The van der Waals surface area contributed by atoms with Crippen molar-refractivity contribution < 1.29 is 9.59 Å². The molecule has 0 aliphatic carbocycles. The fraction of sp³-hybridized carbons (Fsp3) is 0.579. The lowest BCUT2D eigenvalue weighted by Crippen LogP contribution is -2.46. The summed E-state index contributed by atoms with van der Waals surface area (Å²) in [6.07, 6.45) is 3.53. The maximum atomic E-state index is 12.8. The molecular formula is C19H29N3O2. The third-order valence-electron chi connectivity index (χ3n) is 4.62. The fourth-order valence-corrected chi connectivity index (χ4v) is 3.36. The molecule has 1 heterocycles. The van der Waals surface area contributed by atoms with Crippen LogP contribution in [0.2, 0.25) is 0 Å². The summed E-state index contributed by atoms with van der Waals surface area (Å²) in [4.78, 5) is 26.5. The van der Waals surface area contributed by atoms with Gasteiger partial charge in [0.1, 0.15) is 6.04 Å². The highest BCUT2D eigenvalue weighted by Gasteiger charge is 2.34. The van der Waals surface area contributed by atoms with Gasteiger partial charge in [0.2, 0.25) is 5.91 Å². The first kappa shape index (κ1) is 18.3. The Morgan fingerprint density at radius 3 is 2.71 bits per heavy atom. The number of anilines is 1. The third kappa shape index (κ3) is 3.89. The van der Waals surface area contributed by atoms with E-state index >= 15 is 0 Å². The average molecular weight is 331 g/mol. The van der Waals surface area contributed by atoms with Gasteiger partial charge in [-0.2, -0.15) is 0 Å². The van der Waals surface area contributed by atoms with Crippen molar-refractivity contribution >= 4 is 17.6 Å². The van der Waals surface area contributed by atoms with E-state index in [0.29, 0.717) is 12.5 Å². The Kier molecular flexibility index (Phi) is 6.23. The van der Waals surface area contributed by atoms with Crippen molar-refractivity contribution in [3.8, 4) is 0 Å². The number of benzene rings is 1. The van der Waals surface area contributed by atoms with Gasteiger partial charge in [-0.25, -0.2) is 4.79 Å². The number of rotatable bonds is 5. The van der Waals surface area contributed by atoms with Crippen molar-refractivity contribution in [3.05, 3.63) is 29.3 Å². The predicted octanol–water partition coefficient (Wildman–Crippen LogP) is 3.50. The minimum Gasteiger partial charge on any atom is -0.357 e. The van der Waals surface area contributed by atoms with E-state index in [1.54, 1.807) is 11.9 Å². The zero-order valence-corrected chi connectivity index (χ0v) is 15.2. The smallest absolute Gasteiger partial charge is 0.322 e. The van der Waals surface area contributed by atoms with Gasteiger partial charge in [-0.1, -0.05) is 45.4 Å². The van der Waals surface area contributed by atoms with Crippen molar-refractivity contribution in [1.82, 2.24) is 10.2 Å². The van der Waals surface area contributed by atoms with Gasteiger partial charge < -0.3 is 15.5 Å². The van der Waals surface area contributed by atoms with Crippen molar-refractivity contribution in [1.29, 1.82) is 0 Å². The first-order valence-electron chi connectivity index (χ1n) is 8.90. The summed E-state index contributed by atoms with van der Waals surface area (Å²) >= 11 is 0. The number of aryl methyl sites for hydroxylation is 1. The number of likely N-dealkylation sites (tertiary alicyclic amines) is 1. The van der Waals surface area contributed by atoms with Crippen LogP contribution in [0.4, 0.5) is 10.5 Å². The van der Waals surface area contributed by atoms with Crippen LogP contribution in [-0.4, -0.2) is 36.5 Å². The minimum atomic E-state index is -0.365. The summed E-state index contributed by atoms with van der Waals surface area (Å²) in [5.41, 5.74) is 3.22. The van der Waals surface area contributed by atoms with E-state index in [-0.39, 0.29) is 18.0 Å². The van der Waals surface area contributed by atoms with Gasteiger partial charge in [0, 0.05) is 19.3 Å². The highest BCUT2D eigenvalue weighted by molar-refractivity contribution is 5.95. The number of urea groups is 1. The maximum Gasteiger partial charge on any atom is 0.322 e. The number of hydrogen-bond acceptors (Lipinski definition) is 2. The fourth-order valence-electron chi connectivity index (χ4n) is 3.36. The number of hydrogen-bond donors (Lipinski definition) is 2. The standard InChI is InChI=1S/C19H29N3O2/c1-5-8-14-9-6-10-15(13(2)3)17(14)21-19(24)22-12-7-11-16(22)18(23)20-4/h6,9-10,13,16H,5,7-8,11-12H2,1-4H3,(H,20,23)(H,21,24)/t16-/m1/s1. The molecule has 0 aromatic heterocycles. The van der Waals surface area contributed by atoms with Gasteiger partial charge in [0.15, 0.2) is 0 Å². The van der Waals surface area contributed by atoms with E-state index < -0.39 is 0 Å². The summed E-state index contributed by atoms with van der Waals surface area (Å²) in [6, 6.07) is 5.66. The Bertz CT molecular complexity index is 598. The van der Waals surface area contributed by atoms with Crippen molar-refractivity contribution in [2.75, 3.05) is 18.9 Å². The number of nitrogens with zero attached hydrogens (tertiary/aromatic N) is 1. The molecule has 1 atom stereocenters. The van der Waals surface area contributed by atoms with Gasteiger partial charge in [-0.05, 0) is 36.3 Å². The molecule has 1 aliphatic heterocycles. The zero-order valence-electron chi connectivity index (χ0n) is 15.2. The van der Waals surface area contributed by atoms with Crippen molar-refractivity contribution in [2.45, 2.75) is 58.4 Å². The van der Waals surface area contributed by atoms with E-state index in [2.05, 4.69) is 49.6 Å². The normalized spacial score (nSPS) is 17.2. The molecule has 2 rings (SSSR count). The molecular weight excluding hydrogens is 302 g/mol. The molecule has 2 N–H and O–H groups in total. The van der Waals surface area contributed by atoms with E-state index in [1.807, 2.05) is 0 Å². The van der Waals surface area contributed by atoms with Crippen LogP contribution in [0.15, 0.2) is 18.2 Å². The highest BCUT2D eigenvalue weighted by atomic mass is 16.2. The summed E-state index contributed by atoms with van der Waals surface area (Å²) in [6.45, 7) is 7.01.